The highest BCUT2D eigenvalue weighted by Gasteiger charge is 2.26. The molecule has 0 radical (unpaired) electrons. The molecule has 19 heavy (non-hydrogen) atoms. The van der Waals surface area contributed by atoms with Gasteiger partial charge in [0.15, 0.2) is 0 Å². The highest BCUT2D eigenvalue weighted by atomic mass is 15.3. The van der Waals surface area contributed by atoms with Crippen LogP contribution in [-0.4, -0.2) is 66.1 Å². The van der Waals surface area contributed by atoms with Crippen molar-refractivity contribution < 1.29 is 0 Å². The molecule has 0 saturated carbocycles. The summed E-state index contributed by atoms with van der Waals surface area (Å²) in [6.45, 7) is 6.51. The average Bonchev–Trinajstić information content (AvgIpc) is 2.43. The van der Waals surface area contributed by atoms with Gasteiger partial charge in [0.2, 0.25) is 0 Å². The molecule has 106 valence electrons. The molecule has 1 fully saturated rings. The maximum atomic E-state index is 4.45. The smallest absolute Gasteiger partial charge is 0.0756 e. The number of nitrogens with one attached hydrogen (secondary N) is 1. The zero-order valence-electron chi connectivity index (χ0n) is 12.2. The molecule has 5 nitrogen and oxygen atoms in total. The minimum Gasteiger partial charge on any atom is -0.309 e. The van der Waals surface area contributed by atoms with Gasteiger partial charge in [0, 0.05) is 44.3 Å². The third-order valence-corrected chi connectivity index (χ3v) is 3.88. The van der Waals surface area contributed by atoms with Crippen molar-refractivity contribution in [3.63, 3.8) is 0 Å². The summed E-state index contributed by atoms with van der Waals surface area (Å²) in [5.41, 5.74) is 1.05. The molecule has 5 heteroatoms. The first-order valence-corrected chi connectivity index (χ1v) is 7.08. The fraction of sp³-hybridized carbons (Fsp3) is 0.714. The van der Waals surface area contributed by atoms with Crippen molar-refractivity contribution in [2.75, 3.05) is 40.3 Å². The molecule has 2 unspecified atom stereocenters. The number of nitrogens with zero attached hydrogens (tertiary/aromatic N) is 4. The van der Waals surface area contributed by atoms with Crippen LogP contribution >= 0.6 is 0 Å². The fourth-order valence-corrected chi connectivity index (χ4v) is 2.67. The van der Waals surface area contributed by atoms with E-state index in [0.717, 1.165) is 38.3 Å². The number of aromatic nitrogens is 2. The fourth-order valence-electron chi connectivity index (χ4n) is 2.67. The van der Waals surface area contributed by atoms with Crippen LogP contribution in [0.15, 0.2) is 18.6 Å². The second-order valence-corrected chi connectivity index (χ2v) is 5.37. The molecule has 1 aliphatic rings. The molecule has 0 bridgehead atoms. The predicted molar refractivity (Wildman–Crippen MR) is 77.0 cm³/mol. The van der Waals surface area contributed by atoms with E-state index >= 15 is 0 Å². The summed E-state index contributed by atoms with van der Waals surface area (Å²) in [4.78, 5) is 13.5. The van der Waals surface area contributed by atoms with Crippen molar-refractivity contribution in [2.45, 2.75) is 25.4 Å². The normalized spacial score (nSPS) is 23.4. The van der Waals surface area contributed by atoms with Gasteiger partial charge in [0.1, 0.15) is 0 Å². The van der Waals surface area contributed by atoms with Crippen LogP contribution in [0.3, 0.4) is 0 Å². The summed E-state index contributed by atoms with van der Waals surface area (Å²) in [5, 5.41) is 3.53. The molecule has 0 spiro atoms. The molecule has 1 N–H and O–H groups in total. The zero-order valence-corrected chi connectivity index (χ0v) is 12.2. The van der Waals surface area contributed by atoms with Crippen molar-refractivity contribution >= 4 is 0 Å². The van der Waals surface area contributed by atoms with Gasteiger partial charge >= 0.3 is 0 Å². The minimum atomic E-state index is 0.289. The first-order valence-electron chi connectivity index (χ1n) is 7.08. The van der Waals surface area contributed by atoms with E-state index in [4.69, 9.17) is 0 Å². The third kappa shape index (κ3) is 3.96. The Morgan fingerprint density at radius 3 is 2.89 bits per heavy atom. The van der Waals surface area contributed by atoms with Crippen LogP contribution in [0.5, 0.6) is 0 Å². The average molecular weight is 263 g/mol. The van der Waals surface area contributed by atoms with Crippen LogP contribution in [0, 0.1) is 0 Å². The van der Waals surface area contributed by atoms with E-state index < -0.39 is 0 Å². The molecule has 2 heterocycles. The molecular weight excluding hydrogens is 238 g/mol. The SMILES string of the molecule is CCNC(CC1CN(C)CCN1C)c1cnccn1. The number of hydrogen-bond donors (Lipinski definition) is 1. The van der Waals surface area contributed by atoms with E-state index in [1.807, 2.05) is 6.20 Å². The lowest BCUT2D eigenvalue weighted by atomic mass is 10.0. The van der Waals surface area contributed by atoms with Gasteiger partial charge in [-0.25, -0.2) is 0 Å². The van der Waals surface area contributed by atoms with Crippen LogP contribution in [0.25, 0.3) is 0 Å². The van der Waals surface area contributed by atoms with E-state index in [1.165, 1.54) is 0 Å². The molecule has 1 saturated heterocycles. The van der Waals surface area contributed by atoms with Gasteiger partial charge in [0.05, 0.1) is 11.7 Å². The van der Waals surface area contributed by atoms with E-state index in [9.17, 15) is 0 Å². The summed E-state index contributed by atoms with van der Waals surface area (Å²) < 4.78 is 0. The largest absolute Gasteiger partial charge is 0.309 e. The van der Waals surface area contributed by atoms with Gasteiger partial charge < -0.3 is 15.1 Å². The van der Waals surface area contributed by atoms with Crippen LogP contribution in [0.2, 0.25) is 0 Å². The summed E-state index contributed by atoms with van der Waals surface area (Å²) in [6.07, 6.45) is 6.46. The molecule has 2 rings (SSSR count). The maximum absolute atomic E-state index is 4.45. The first-order chi connectivity index (χ1) is 9.20. The Kier molecular flexibility index (Phi) is 5.24. The lowest BCUT2D eigenvalue weighted by Gasteiger charge is -2.39. The van der Waals surface area contributed by atoms with E-state index in [-0.39, 0.29) is 6.04 Å². The lowest BCUT2D eigenvalue weighted by Crippen LogP contribution is -2.51. The summed E-state index contributed by atoms with van der Waals surface area (Å²) in [7, 11) is 4.42. The molecule has 0 aromatic carbocycles. The highest BCUT2D eigenvalue weighted by molar-refractivity contribution is 5.03. The molecule has 1 aliphatic heterocycles. The predicted octanol–water partition coefficient (Wildman–Crippen LogP) is 0.763. The Labute approximate surface area is 116 Å². The van der Waals surface area contributed by atoms with Crippen molar-refractivity contribution in [1.82, 2.24) is 25.1 Å². The molecule has 0 aliphatic carbocycles. The summed E-state index contributed by atoms with van der Waals surface area (Å²) in [6, 6.07) is 0.863. The summed E-state index contributed by atoms with van der Waals surface area (Å²) in [5.74, 6) is 0. The van der Waals surface area contributed by atoms with Gasteiger partial charge in [-0.2, -0.15) is 0 Å². The molecule has 1 aromatic heterocycles. The van der Waals surface area contributed by atoms with Gasteiger partial charge in [-0.3, -0.25) is 9.97 Å². The van der Waals surface area contributed by atoms with Crippen LogP contribution < -0.4 is 5.32 Å². The second kappa shape index (κ2) is 6.93. The standard InChI is InChI=1S/C14H25N5/c1-4-16-13(14-10-15-5-6-17-14)9-12-11-18(2)7-8-19(12)3/h5-6,10,12-13,16H,4,7-9,11H2,1-3H3. The second-order valence-electron chi connectivity index (χ2n) is 5.37. The minimum absolute atomic E-state index is 0.289. The Bertz CT molecular complexity index is 369. The van der Waals surface area contributed by atoms with Crippen molar-refractivity contribution in [3.8, 4) is 0 Å². The molecule has 1 aromatic rings. The number of piperazine rings is 1. The number of hydrogen-bond acceptors (Lipinski definition) is 5. The quantitative estimate of drug-likeness (QED) is 0.850. The third-order valence-electron chi connectivity index (χ3n) is 3.88. The lowest BCUT2D eigenvalue weighted by molar-refractivity contribution is 0.101. The Hall–Kier alpha value is -1.04. The first kappa shape index (κ1) is 14.4. The molecule has 2 atom stereocenters. The topological polar surface area (TPSA) is 44.3 Å². The Balaban J connectivity index is 2.03. The van der Waals surface area contributed by atoms with Gasteiger partial charge in [-0.15, -0.1) is 0 Å². The van der Waals surface area contributed by atoms with Gasteiger partial charge in [-0.05, 0) is 27.1 Å². The van der Waals surface area contributed by atoms with Crippen LogP contribution in [0.4, 0.5) is 0 Å². The summed E-state index contributed by atoms with van der Waals surface area (Å²) >= 11 is 0. The highest BCUT2D eigenvalue weighted by Crippen LogP contribution is 2.20. The Morgan fingerprint density at radius 1 is 1.37 bits per heavy atom. The van der Waals surface area contributed by atoms with Crippen molar-refractivity contribution in [3.05, 3.63) is 24.3 Å². The van der Waals surface area contributed by atoms with Crippen LogP contribution in [0.1, 0.15) is 25.1 Å². The van der Waals surface area contributed by atoms with E-state index in [0.29, 0.717) is 6.04 Å². The van der Waals surface area contributed by atoms with Crippen molar-refractivity contribution in [1.29, 1.82) is 0 Å². The zero-order chi connectivity index (χ0) is 13.7. The van der Waals surface area contributed by atoms with E-state index in [2.05, 4.69) is 46.1 Å². The Morgan fingerprint density at radius 2 is 2.21 bits per heavy atom. The van der Waals surface area contributed by atoms with Crippen molar-refractivity contribution in [2.24, 2.45) is 0 Å². The van der Waals surface area contributed by atoms with Gasteiger partial charge in [0.25, 0.3) is 0 Å². The van der Waals surface area contributed by atoms with E-state index in [1.54, 1.807) is 12.4 Å². The number of rotatable bonds is 5. The van der Waals surface area contributed by atoms with Gasteiger partial charge in [-0.1, -0.05) is 6.92 Å². The monoisotopic (exact) mass is 263 g/mol. The van der Waals surface area contributed by atoms with Crippen LogP contribution in [-0.2, 0) is 0 Å². The number of likely N-dealkylation sites (N-methyl/N-ethyl adjacent to an activating group) is 2. The molecular formula is C14H25N5. The maximum Gasteiger partial charge on any atom is 0.0756 e. The molecule has 0 amide bonds.